The van der Waals surface area contributed by atoms with Crippen LogP contribution in [-0.4, -0.2) is 46.2 Å². The van der Waals surface area contributed by atoms with Crippen LogP contribution in [0.3, 0.4) is 0 Å². The fourth-order valence-corrected chi connectivity index (χ4v) is 2.88. The predicted octanol–water partition coefficient (Wildman–Crippen LogP) is 1.29. The quantitative estimate of drug-likeness (QED) is 0.845. The predicted molar refractivity (Wildman–Crippen MR) is 76.2 cm³/mol. The molecule has 1 aromatic carbocycles. The Labute approximate surface area is 125 Å². The summed E-state index contributed by atoms with van der Waals surface area (Å²) < 4.78 is 0.830. The number of carbonyl (C=O) groups is 2. The van der Waals surface area contributed by atoms with Crippen LogP contribution in [0.15, 0.2) is 28.7 Å². The van der Waals surface area contributed by atoms with E-state index in [1.54, 1.807) is 0 Å². The number of aliphatic hydroxyl groups excluding tert-OH is 1. The molecule has 1 aromatic rings. The number of nitrogens with zero attached hydrogens (tertiary/aromatic N) is 1. The molecule has 0 aliphatic carbocycles. The Morgan fingerprint density at radius 1 is 1.45 bits per heavy atom. The molecule has 1 aliphatic rings. The molecule has 6 heteroatoms. The van der Waals surface area contributed by atoms with Crippen LogP contribution in [-0.2, 0) is 16.0 Å². The fourth-order valence-electron chi connectivity index (χ4n) is 2.44. The molecule has 0 aromatic heterocycles. The van der Waals surface area contributed by atoms with E-state index in [1.807, 2.05) is 24.3 Å². The van der Waals surface area contributed by atoms with Crippen molar-refractivity contribution in [2.75, 3.05) is 13.2 Å². The highest BCUT2D eigenvalue weighted by molar-refractivity contribution is 9.10. The minimum absolute atomic E-state index is 0.0936. The van der Waals surface area contributed by atoms with E-state index < -0.39 is 12.0 Å². The zero-order valence-electron chi connectivity index (χ0n) is 10.8. The molecule has 0 saturated carbocycles. The van der Waals surface area contributed by atoms with Crippen molar-refractivity contribution < 1.29 is 19.8 Å². The van der Waals surface area contributed by atoms with Crippen molar-refractivity contribution in [2.24, 2.45) is 5.92 Å². The minimum Gasteiger partial charge on any atom is -0.480 e. The molecule has 0 spiro atoms. The maximum absolute atomic E-state index is 11.9. The third kappa shape index (κ3) is 3.19. The summed E-state index contributed by atoms with van der Waals surface area (Å²) in [4.78, 5) is 24.7. The van der Waals surface area contributed by atoms with E-state index >= 15 is 0 Å². The number of aliphatic hydroxyl groups is 1. The Morgan fingerprint density at radius 2 is 2.15 bits per heavy atom. The maximum atomic E-state index is 11.9. The van der Waals surface area contributed by atoms with Gasteiger partial charge < -0.3 is 15.1 Å². The highest BCUT2D eigenvalue weighted by Crippen LogP contribution is 2.24. The van der Waals surface area contributed by atoms with Crippen LogP contribution in [0, 0.1) is 5.92 Å². The lowest BCUT2D eigenvalue weighted by Gasteiger charge is -2.25. The summed E-state index contributed by atoms with van der Waals surface area (Å²) in [5, 5.41) is 18.5. The number of carboxylic acids is 1. The summed E-state index contributed by atoms with van der Waals surface area (Å²) in [5.74, 6) is -1.39. The number of hydrogen-bond acceptors (Lipinski definition) is 3. The molecule has 1 amide bonds. The van der Waals surface area contributed by atoms with Gasteiger partial charge in [-0.25, -0.2) is 4.79 Å². The van der Waals surface area contributed by atoms with Gasteiger partial charge >= 0.3 is 5.97 Å². The smallest absolute Gasteiger partial charge is 0.326 e. The first-order valence-electron chi connectivity index (χ1n) is 6.39. The van der Waals surface area contributed by atoms with E-state index in [4.69, 9.17) is 5.11 Å². The zero-order chi connectivity index (χ0) is 14.7. The van der Waals surface area contributed by atoms with Crippen LogP contribution < -0.4 is 0 Å². The monoisotopic (exact) mass is 341 g/mol. The minimum atomic E-state index is -1.02. The number of aliphatic carboxylic acids is 1. The first-order chi connectivity index (χ1) is 9.52. The number of carbonyl (C=O) groups excluding carboxylic acids is 1. The SMILES string of the molecule is O=C(O)[C@H](Cc1ccccc1Br)N1CC(CO)CC1=O. The van der Waals surface area contributed by atoms with E-state index in [9.17, 15) is 14.7 Å². The topological polar surface area (TPSA) is 77.8 Å². The molecule has 5 nitrogen and oxygen atoms in total. The second kappa shape index (κ2) is 6.37. The summed E-state index contributed by atoms with van der Waals surface area (Å²) in [7, 11) is 0. The van der Waals surface area contributed by atoms with Gasteiger partial charge in [0.15, 0.2) is 0 Å². The first kappa shape index (κ1) is 15.0. The summed E-state index contributed by atoms with van der Waals surface area (Å²) in [6.45, 7) is 0.209. The standard InChI is InChI=1S/C14H16BrNO4/c15-11-4-2-1-3-10(11)6-12(14(19)20)16-7-9(8-17)5-13(16)18/h1-4,9,12,17H,5-8H2,(H,19,20)/t9?,12-/m0/s1. The van der Waals surface area contributed by atoms with Gasteiger partial charge in [-0.05, 0) is 11.6 Å². The van der Waals surface area contributed by atoms with Crippen molar-refractivity contribution in [3.8, 4) is 0 Å². The van der Waals surface area contributed by atoms with E-state index in [0.29, 0.717) is 6.54 Å². The Morgan fingerprint density at radius 3 is 2.70 bits per heavy atom. The number of halogens is 1. The molecule has 108 valence electrons. The molecule has 1 fully saturated rings. The summed E-state index contributed by atoms with van der Waals surface area (Å²) in [6.07, 6.45) is 0.469. The molecule has 2 rings (SSSR count). The van der Waals surface area contributed by atoms with Crippen molar-refractivity contribution in [3.05, 3.63) is 34.3 Å². The molecule has 1 saturated heterocycles. The third-order valence-electron chi connectivity index (χ3n) is 3.53. The molecule has 1 unspecified atom stereocenters. The molecule has 2 atom stereocenters. The number of amides is 1. The number of benzene rings is 1. The van der Waals surface area contributed by atoms with Crippen LogP contribution in [0.1, 0.15) is 12.0 Å². The van der Waals surface area contributed by atoms with E-state index in [1.165, 1.54) is 4.90 Å². The molecule has 0 bridgehead atoms. The van der Waals surface area contributed by atoms with Crippen LogP contribution in [0.2, 0.25) is 0 Å². The second-order valence-electron chi connectivity index (χ2n) is 4.95. The van der Waals surface area contributed by atoms with Crippen molar-refractivity contribution in [1.29, 1.82) is 0 Å². The van der Waals surface area contributed by atoms with Gasteiger partial charge in [0, 0.05) is 36.4 Å². The van der Waals surface area contributed by atoms with Gasteiger partial charge in [-0.1, -0.05) is 34.1 Å². The van der Waals surface area contributed by atoms with Crippen molar-refractivity contribution in [3.63, 3.8) is 0 Å². The second-order valence-corrected chi connectivity index (χ2v) is 5.80. The highest BCUT2D eigenvalue weighted by atomic mass is 79.9. The van der Waals surface area contributed by atoms with Gasteiger partial charge in [0.1, 0.15) is 6.04 Å². The Bertz CT molecular complexity index is 520. The first-order valence-corrected chi connectivity index (χ1v) is 7.18. The Kier molecular flexibility index (Phi) is 4.77. The largest absolute Gasteiger partial charge is 0.480 e. The summed E-state index contributed by atoms with van der Waals surface area (Å²) in [5.41, 5.74) is 0.847. The molecular formula is C14H16BrNO4. The van der Waals surface area contributed by atoms with E-state index in [2.05, 4.69) is 15.9 Å². The lowest BCUT2D eigenvalue weighted by Crippen LogP contribution is -2.43. The third-order valence-corrected chi connectivity index (χ3v) is 4.30. The van der Waals surface area contributed by atoms with Crippen molar-refractivity contribution >= 4 is 27.8 Å². The lowest BCUT2D eigenvalue weighted by atomic mass is 10.0. The average molecular weight is 342 g/mol. The van der Waals surface area contributed by atoms with E-state index in [-0.39, 0.29) is 31.3 Å². The van der Waals surface area contributed by atoms with Crippen LogP contribution in [0.5, 0.6) is 0 Å². The number of carboxylic acid groups (broad SMARTS) is 1. The molecule has 1 heterocycles. The van der Waals surface area contributed by atoms with Crippen molar-refractivity contribution in [1.82, 2.24) is 4.90 Å². The molecule has 20 heavy (non-hydrogen) atoms. The van der Waals surface area contributed by atoms with Crippen LogP contribution in [0.25, 0.3) is 0 Å². The maximum Gasteiger partial charge on any atom is 0.326 e. The van der Waals surface area contributed by atoms with E-state index in [0.717, 1.165) is 10.0 Å². The molecular weight excluding hydrogens is 326 g/mol. The number of likely N-dealkylation sites (tertiary alicyclic amines) is 1. The van der Waals surface area contributed by atoms with Gasteiger partial charge in [0.05, 0.1) is 0 Å². The molecule has 0 radical (unpaired) electrons. The van der Waals surface area contributed by atoms with Crippen molar-refractivity contribution in [2.45, 2.75) is 18.9 Å². The van der Waals surface area contributed by atoms with Gasteiger partial charge in [-0.15, -0.1) is 0 Å². The highest BCUT2D eigenvalue weighted by Gasteiger charge is 2.37. The van der Waals surface area contributed by atoms with Crippen LogP contribution >= 0.6 is 15.9 Å². The van der Waals surface area contributed by atoms with Gasteiger partial charge in [0.2, 0.25) is 5.91 Å². The van der Waals surface area contributed by atoms with Gasteiger partial charge in [0.25, 0.3) is 0 Å². The summed E-state index contributed by atoms with van der Waals surface area (Å²) >= 11 is 3.39. The average Bonchev–Trinajstić information content (AvgIpc) is 2.78. The number of rotatable bonds is 5. The fraction of sp³-hybridized carbons (Fsp3) is 0.429. The van der Waals surface area contributed by atoms with Gasteiger partial charge in [-0.3, -0.25) is 4.79 Å². The van der Waals surface area contributed by atoms with Gasteiger partial charge in [-0.2, -0.15) is 0 Å². The Balaban J connectivity index is 2.18. The normalized spacial score (nSPS) is 20.2. The van der Waals surface area contributed by atoms with Crippen LogP contribution in [0.4, 0.5) is 0 Å². The lowest BCUT2D eigenvalue weighted by molar-refractivity contribution is -0.148. The Hall–Kier alpha value is -1.40. The zero-order valence-corrected chi connectivity index (χ0v) is 12.4. The molecule has 2 N–H and O–H groups in total. The molecule has 1 aliphatic heterocycles. The summed E-state index contributed by atoms with van der Waals surface area (Å²) in [6, 6.07) is 6.48. The number of hydrogen-bond donors (Lipinski definition) is 2.